The third-order valence-electron chi connectivity index (χ3n) is 3.22. The van der Waals surface area contributed by atoms with Gasteiger partial charge in [-0.1, -0.05) is 20.8 Å². The number of carbonyl (C=O) groups excluding carboxylic acids is 2. The number of carbonyl (C=O) groups is 2. The molecule has 0 spiro atoms. The molecule has 0 fully saturated rings. The predicted molar refractivity (Wildman–Crippen MR) is 84.9 cm³/mol. The first-order valence-electron chi connectivity index (χ1n) is 7.14. The van der Waals surface area contributed by atoms with E-state index in [9.17, 15) is 9.59 Å². The number of nitrogens with two attached hydrogens (primary N) is 1. The molecule has 0 aromatic heterocycles. The highest BCUT2D eigenvalue weighted by Gasteiger charge is 2.13. The van der Waals surface area contributed by atoms with E-state index in [1.165, 1.54) is 0 Å². The first-order chi connectivity index (χ1) is 8.88. The van der Waals surface area contributed by atoms with Gasteiger partial charge in [0.05, 0.1) is 0 Å². The van der Waals surface area contributed by atoms with Gasteiger partial charge >= 0.3 is 0 Å². The second kappa shape index (κ2) is 12.0. The van der Waals surface area contributed by atoms with Gasteiger partial charge in [0.1, 0.15) is 0 Å². The van der Waals surface area contributed by atoms with Crippen LogP contribution in [0.2, 0.25) is 0 Å². The zero-order valence-corrected chi connectivity index (χ0v) is 14.0. The number of hydrogen-bond donors (Lipinski definition) is 2. The van der Waals surface area contributed by atoms with Crippen LogP contribution in [-0.2, 0) is 9.59 Å². The number of amides is 2. The first kappa shape index (κ1) is 21.5. The van der Waals surface area contributed by atoms with Crippen LogP contribution >= 0.6 is 12.4 Å². The predicted octanol–water partition coefficient (Wildman–Crippen LogP) is 1.55. The summed E-state index contributed by atoms with van der Waals surface area (Å²) in [5.74, 6) is 0.369. The van der Waals surface area contributed by atoms with Gasteiger partial charge in [0.2, 0.25) is 11.8 Å². The van der Waals surface area contributed by atoms with Crippen LogP contribution in [0.4, 0.5) is 0 Å². The highest BCUT2D eigenvalue weighted by atomic mass is 35.5. The lowest BCUT2D eigenvalue weighted by atomic mass is 10.0. The van der Waals surface area contributed by atoms with E-state index in [2.05, 4.69) is 19.2 Å². The number of halogens is 1. The Hall–Kier alpha value is -0.810. The van der Waals surface area contributed by atoms with E-state index in [0.29, 0.717) is 19.0 Å². The van der Waals surface area contributed by atoms with Crippen molar-refractivity contribution in [3.63, 3.8) is 0 Å². The quantitative estimate of drug-likeness (QED) is 0.678. The van der Waals surface area contributed by atoms with Gasteiger partial charge in [-0.2, -0.15) is 0 Å². The van der Waals surface area contributed by atoms with Crippen LogP contribution in [0.15, 0.2) is 0 Å². The second-order valence-corrected chi connectivity index (χ2v) is 5.36. The molecule has 2 amide bonds. The summed E-state index contributed by atoms with van der Waals surface area (Å²) < 4.78 is 0. The van der Waals surface area contributed by atoms with Crippen molar-refractivity contribution in [3.05, 3.63) is 0 Å². The zero-order valence-electron chi connectivity index (χ0n) is 13.1. The Kier molecular flexibility index (Phi) is 12.9. The maximum Gasteiger partial charge on any atom is 0.222 e. The van der Waals surface area contributed by atoms with Crippen LogP contribution < -0.4 is 11.1 Å². The minimum atomic E-state index is -0.0533. The molecule has 0 heterocycles. The summed E-state index contributed by atoms with van der Waals surface area (Å²) in [5.41, 5.74) is 5.94. The summed E-state index contributed by atoms with van der Waals surface area (Å²) in [6.45, 7) is 7.47. The van der Waals surface area contributed by atoms with Crippen molar-refractivity contribution in [2.24, 2.45) is 11.7 Å². The molecule has 0 aliphatic carbocycles. The van der Waals surface area contributed by atoms with Gasteiger partial charge in [-0.3, -0.25) is 9.59 Å². The summed E-state index contributed by atoms with van der Waals surface area (Å²) in [6, 6.07) is 0.114. The zero-order chi connectivity index (χ0) is 14.8. The van der Waals surface area contributed by atoms with Gasteiger partial charge in [0, 0.05) is 39.0 Å². The van der Waals surface area contributed by atoms with Crippen molar-refractivity contribution in [2.75, 3.05) is 20.1 Å². The van der Waals surface area contributed by atoms with E-state index in [1.54, 1.807) is 11.9 Å². The smallest absolute Gasteiger partial charge is 0.222 e. The topological polar surface area (TPSA) is 75.4 Å². The lowest BCUT2D eigenvalue weighted by molar-refractivity contribution is -0.132. The van der Waals surface area contributed by atoms with Crippen LogP contribution in [0, 0.1) is 5.92 Å². The fourth-order valence-corrected chi connectivity index (χ4v) is 1.56. The van der Waals surface area contributed by atoms with Gasteiger partial charge in [-0.05, 0) is 18.8 Å². The lowest BCUT2D eigenvalue weighted by Crippen LogP contribution is -2.35. The SMILES string of the molecule is CCCNC(=O)CCC(=O)N(C)CCC(N)C(C)C.Cl. The van der Waals surface area contributed by atoms with Crippen LogP contribution in [0.1, 0.15) is 46.5 Å². The van der Waals surface area contributed by atoms with Crippen molar-refractivity contribution in [2.45, 2.75) is 52.5 Å². The molecule has 0 aliphatic rings. The number of rotatable bonds is 9. The average Bonchev–Trinajstić information content (AvgIpc) is 2.38. The standard InChI is InChI=1S/C14H29N3O2.ClH/c1-5-9-16-13(18)6-7-14(19)17(4)10-8-12(15)11(2)3;/h11-12H,5-10,15H2,1-4H3,(H,16,18);1H. The largest absolute Gasteiger partial charge is 0.356 e. The van der Waals surface area contributed by atoms with Crippen LogP contribution in [-0.4, -0.2) is 42.9 Å². The fraction of sp³-hybridized carbons (Fsp3) is 0.857. The Morgan fingerprint density at radius 3 is 2.35 bits per heavy atom. The Morgan fingerprint density at radius 1 is 1.25 bits per heavy atom. The monoisotopic (exact) mass is 307 g/mol. The summed E-state index contributed by atoms with van der Waals surface area (Å²) in [4.78, 5) is 24.9. The maximum absolute atomic E-state index is 11.8. The summed E-state index contributed by atoms with van der Waals surface area (Å²) in [6.07, 6.45) is 2.23. The van der Waals surface area contributed by atoms with E-state index in [1.807, 2.05) is 6.92 Å². The van der Waals surface area contributed by atoms with E-state index in [4.69, 9.17) is 5.73 Å². The van der Waals surface area contributed by atoms with Crippen molar-refractivity contribution >= 4 is 24.2 Å². The molecule has 6 heteroatoms. The van der Waals surface area contributed by atoms with Crippen LogP contribution in [0.3, 0.4) is 0 Å². The van der Waals surface area contributed by atoms with Crippen LogP contribution in [0.25, 0.3) is 0 Å². The first-order valence-corrected chi connectivity index (χ1v) is 7.14. The third kappa shape index (κ3) is 10.0. The number of nitrogens with zero attached hydrogens (tertiary/aromatic N) is 1. The summed E-state index contributed by atoms with van der Waals surface area (Å²) in [7, 11) is 1.76. The van der Waals surface area contributed by atoms with E-state index < -0.39 is 0 Å². The Bertz CT molecular complexity index is 286. The molecule has 5 nitrogen and oxygen atoms in total. The molecule has 3 N–H and O–H groups in total. The molecule has 120 valence electrons. The lowest BCUT2D eigenvalue weighted by Gasteiger charge is -2.21. The molecule has 0 rings (SSSR count). The van der Waals surface area contributed by atoms with Gasteiger partial charge in [0.25, 0.3) is 0 Å². The normalized spacial score (nSPS) is 11.7. The molecule has 1 unspecified atom stereocenters. The minimum absolute atomic E-state index is 0. The molecular weight excluding hydrogens is 278 g/mol. The maximum atomic E-state index is 11.8. The minimum Gasteiger partial charge on any atom is -0.356 e. The molecular formula is C14H30ClN3O2. The van der Waals surface area contributed by atoms with Crippen molar-refractivity contribution < 1.29 is 9.59 Å². The summed E-state index contributed by atoms with van der Waals surface area (Å²) >= 11 is 0. The average molecular weight is 308 g/mol. The molecule has 1 atom stereocenters. The second-order valence-electron chi connectivity index (χ2n) is 5.36. The van der Waals surface area contributed by atoms with Gasteiger partial charge < -0.3 is 16.0 Å². The molecule has 0 aliphatic heterocycles. The molecule has 0 bridgehead atoms. The molecule has 0 radical (unpaired) electrons. The molecule has 0 saturated heterocycles. The third-order valence-corrected chi connectivity index (χ3v) is 3.22. The van der Waals surface area contributed by atoms with E-state index >= 15 is 0 Å². The van der Waals surface area contributed by atoms with Crippen molar-refractivity contribution in [1.82, 2.24) is 10.2 Å². The van der Waals surface area contributed by atoms with Gasteiger partial charge in [0.15, 0.2) is 0 Å². The Balaban J connectivity index is 0. The molecule has 0 aromatic rings. The Labute approximate surface area is 129 Å². The van der Waals surface area contributed by atoms with Gasteiger partial charge in [-0.15, -0.1) is 12.4 Å². The van der Waals surface area contributed by atoms with Crippen molar-refractivity contribution in [1.29, 1.82) is 0 Å². The van der Waals surface area contributed by atoms with E-state index in [0.717, 1.165) is 12.8 Å². The highest BCUT2D eigenvalue weighted by Crippen LogP contribution is 2.05. The highest BCUT2D eigenvalue weighted by molar-refractivity contribution is 5.85. The number of hydrogen-bond acceptors (Lipinski definition) is 3. The van der Waals surface area contributed by atoms with Crippen LogP contribution in [0.5, 0.6) is 0 Å². The van der Waals surface area contributed by atoms with Crippen molar-refractivity contribution in [3.8, 4) is 0 Å². The fourth-order valence-electron chi connectivity index (χ4n) is 1.56. The molecule has 0 saturated carbocycles. The Morgan fingerprint density at radius 2 is 1.85 bits per heavy atom. The van der Waals surface area contributed by atoms with E-state index in [-0.39, 0.29) is 43.1 Å². The molecule has 20 heavy (non-hydrogen) atoms. The summed E-state index contributed by atoms with van der Waals surface area (Å²) in [5, 5.41) is 2.76. The molecule has 0 aromatic carbocycles. The van der Waals surface area contributed by atoms with Gasteiger partial charge in [-0.25, -0.2) is 0 Å². The number of nitrogens with one attached hydrogen (secondary N) is 1.